The molecule has 1 heterocycles. The quantitative estimate of drug-likeness (QED) is 0.263. The van der Waals surface area contributed by atoms with E-state index in [4.69, 9.17) is 4.74 Å². The highest BCUT2D eigenvalue weighted by Crippen LogP contribution is 2.23. The van der Waals surface area contributed by atoms with Crippen LogP contribution in [-0.2, 0) is 19.1 Å². The van der Waals surface area contributed by atoms with Gasteiger partial charge in [0.25, 0.3) is 0 Å². The number of nitrogens with one attached hydrogen (secondary N) is 2. The average Bonchev–Trinajstić information content (AvgIpc) is 2.90. The number of anilines is 1. The van der Waals surface area contributed by atoms with Gasteiger partial charge in [-0.2, -0.15) is 0 Å². The molecule has 0 aliphatic carbocycles. The molecule has 0 aliphatic heterocycles. The molecule has 1 aromatic heterocycles. The highest BCUT2D eigenvalue weighted by atomic mass is 16.6. The van der Waals surface area contributed by atoms with Gasteiger partial charge in [0.2, 0.25) is 11.8 Å². The van der Waals surface area contributed by atoms with E-state index in [1.165, 1.54) is 0 Å². The molecule has 7 nitrogen and oxygen atoms in total. The van der Waals surface area contributed by atoms with Crippen molar-refractivity contribution in [2.24, 2.45) is 11.3 Å². The van der Waals surface area contributed by atoms with Crippen LogP contribution in [0.25, 0.3) is 11.1 Å². The van der Waals surface area contributed by atoms with Crippen LogP contribution in [0.5, 0.6) is 0 Å². The maximum Gasteiger partial charge on any atom is 0.307 e. The zero-order chi connectivity index (χ0) is 30.0. The van der Waals surface area contributed by atoms with Crippen LogP contribution in [0.3, 0.4) is 0 Å². The van der Waals surface area contributed by atoms with Crippen molar-refractivity contribution in [3.05, 3.63) is 84.6 Å². The Labute approximate surface area is 243 Å². The molecule has 2 amide bonds. The first-order valence-electron chi connectivity index (χ1n) is 13.7. The number of hydrogen-bond acceptors (Lipinski definition) is 5. The van der Waals surface area contributed by atoms with E-state index in [9.17, 15) is 14.4 Å². The third-order valence-electron chi connectivity index (χ3n) is 6.11. The number of carbonyl (C=O) groups excluding carboxylic acids is 3. The fraction of sp³-hybridized carbons (Fsp3) is 0.353. The number of ether oxygens (including phenoxy) is 1. The summed E-state index contributed by atoms with van der Waals surface area (Å²) in [6.45, 7) is 10.9. The van der Waals surface area contributed by atoms with Crippen LogP contribution in [0.15, 0.2) is 79.0 Å². The van der Waals surface area contributed by atoms with Gasteiger partial charge in [-0.15, -0.1) is 0 Å². The van der Waals surface area contributed by atoms with Crippen molar-refractivity contribution in [1.82, 2.24) is 10.3 Å². The summed E-state index contributed by atoms with van der Waals surface area (Å²) in [5.74, 6) is 4.39. The number of pyridine rings is 1. The minimum atomic E-state index is -0.878. The molecule has 0 aliphatic rings. The van der Waals surface area contributed by atoms with Crippen LogP contribution >= 0.6 is 0 Å². The van der Waals surface area contributed by atoms with Crippen molar-refractivity contribution < 1.29 is 19.1 Å². The standard InChI is InChI=1S/C34H39N3O4/c1-33(2,3)30(32(40)36-28-17-10-11-22-35-28)37-31(39)27(23-29(38)41-34(4,5)6)16-12-13-24-18-20-26(21-19-24)25-14-8-7-9-15-25/h7-11,14-15,17-22,27,30H,16,23H2,1-6H3,(H,37,39)(H,35,36,40). The number of aromatic nitrogens is 1. The lowest BCUT2D eigenvalue weighted by Gasteiger charge is -2.31. The van der Waals surface area contributed by atoms with Crippen molar-refractivity contribution >= 4 is 23.6 Å². The van der Waals surface area contributed by atoms with E-state index < -0.39 is 40.8 Å². The van der Waals surface area contributed by atoms with Gasteiger partial charge in [-0.25, -0.2) is 4.98 Å². The van der Waals surface area contributed by atoms with Crippen LogP contribution in [0, 0.1) is 23.2 Å². The second-order valence-corrected chi connectivity index (χ2v) is 11.9. The predicted molar refractivity (Wildman–Crippen MR) is 162 cm³/mol. The number of hydrogen-bond donors (Lipinski definition) is 2. The summed E-state index contributed by atoms with van der Waals surface area (Å²) in [5.41, 5.74) is 1.68. The third-order valence-corrected chi connectivity index (χ3v) is 6.11. The number of rotatable bonds is 8. The summed E-state index contributed by atoms with van der Waals surface area (Å²) in [6.07, 6.45) is 1.53. The molecule has 2 N–H and O–H groups in total. The summed E-state index contributed by atoms with van der Waals surface area (Å²) in [4.78, 5) is 43.5. The summed E-state index contributed by atoms with van der Waals surface area (Å²) < 4.78 is 5.48. The van der Waals surface area contributed by atoms with Gasteiger partial charge in [0, 0.05) is 18.2 Å². The minimum absolute atomic E-state index is 0.115. The predicted octanol–water partition coefficient (Wildman–Crippen LogP) is 6.01. The number of carbonyl (C=O) groups is 3. The molecular formula is C34H39N3O4. The number of benzene rings is 2. The molecule has 2 unspecified atom stereocenters. The topological polar surface area (TPSA) is 97.4 Å². The van der Waals surface area contributed by atoms with Gasteiger partial charge in [-0.3, -0.25) is 14.4 Å². The maximum absolute atomic E-state index is 13.5. The molecule has 2 atom stereocenters. The molecule has 3 aromatic rings. The van der Waals surface area contributed by atoms with E-state index in [-0.39, 0.29) is 12.8 Å². The smallest absolute Gasteiger partial charge is 0.307 e. The Bertz CT molecular complexity index is 1380. The lowest BCUT2D eigenvalue weighted by molar-refractivity contribution is -0.157. The fourth-order valence-electron chi connectivity index (χ4n) is 4.07. The Morgan fingerprint density at radius 3 is 2.05 bits per heavy atom. The first kappa shape index (κ1) is 31.1. The molecule has 7 heteroatoms. The SMILES string of the molecule is CC(C)(C)OC(=O)CC(CC#Cc1ccc(-c2ccccc2)cc1)C(=O)NC(C(=O)Nc1ccccn1)C(C)(C)C. The van der Waals surface area contributed by atoms with Crippen molar-refractivity contribution in [1.29, 1.82) is 0 Å². The van der Waals surface area contributed by atoms with Gasteiger partial charge >= 0.3 is 5.97 Å². The monoisotopic (exact) mass is 553 g/mol. The minimum Gasteiger partial charge on any atom is -0.460 e. The first-order chi connectivity index (χ1) is 19.3. The second-order valence-electron chi connectivity index (χ2n) is 11.9. The largest absolute Gasteiger partial charge is 0.460 e. The Balaban J connectivity index is 1.77. The molecule has 0 bridgehead atoms. The van der Waals surface area contributed by atoms with E-state index >= 15 is 0 Å². The van der Waals surface area contributed by atoms with Crippen LogP contribution < -0.4 is 10.6 Å². The molecule has 41 heavy (non-hydrogen) atoms. The van der Waals surface area contributed by atoms with E-state index in [2.05, 4.69) is 27.5 Å². The lowest BCUT2D eigenvalue weighted by atomic mass is 9.85. The summed E-state index contributed by atoms with van der Waals surface area (Å²) in [7, 11) is 0. The Kier molecular flexibility index (Phi) is 10.4. The van der Waals surface area contributed by atoms with Gasteiger partial charge in [0.05, 0.1) is 12.3 Å². The van der Waals surface area contributed by atoms with Gasteiger partial charge in [-0.1, -0.05) is 81.1 Å². The van der Waals surface area contributed by atoms with E-state index in [1.807, 2.05) is 75.4 Å². The molecule has 0 saturated heterocycles. The van der Waals surface area contributed by atoms with Crippen LogP contribution in [0.4, 0.5) is 5.82 Å². The summed E-state index contributed by atoms with van der Waals surface area (Å²) >= 11 is 0. The van der Waals surface area contributed by atoms with Crippen LogP contribution in [-0.4, -0.2) is 34.4 Å². The highest BCUT2D eigenvalue weighted by molar-refractivity contribution is 5.97. The zero-order valence-electron chi connectivity index (χ0n) is 24.7. The number of esters is 1. The Hall–Kier alpha value is -4.44. The molecule has 214 valence electrons. The van der Waals surface area contributed by atoms with E-state index in [0.717, 1.165) is 16.7 Å². The number of amides is 2. The molecular weight excluding hydrogens is 514 g/mol. The Morgan fingerprint density at radius 2 is 1.46 bits per heavy atom. The molecule has 0 saturated carbocycles. The van der Waals surface area contributed by atoms with E-state index in [1.54, 1.807) is 45.2 Å². The molecule has 0 fully saturated rings. The molecule has 0 spiro atoms. The van der Waals surface area contributed by atoms with Gasteiger partial charge < -0.3 is 15.4 Å². The molecule has 2 aromatic carbocycles. The third kappa shape index (κ3) is 10.2. The zero-order valence-corrected chi connectivity index (χ0v) is 24.7. The Morgan fingerprint density at radius 1 is 0.829 bits per heavy atom. The van der Waals surface area contributed by atoms with Crippen molar-refractivity contribution in [3.63, 3.8) is 0 Å². The van der Waals surface area contributed by atoms with Crippen molar-refractivity contribution in [3.8, 4) is 23.0 Å². The van der Waals surface area contributed by atoms with Gasteiger partial charge in [-0.05, 0) is 61.6 Å². The first-order valence-corrected chi connectivity index (χ1v) is 13.7. The van der Waals surface area contributed by atoms with Crippen molar-refractivity contribution in [2.45, 2.75) is 66.0 Å². The maximum atomic E-state index is 13.5. The lowest BCUT2D eigenvalue weighted by Crippen LogP contribution is -2.53. The summed E-state index contributed by atoms with van der Waals surface area (Å²) in [5, 5.41) is 5.63. The molecule has 0 radical (unpaired) electrons. The second kappa shape index (κ2) is 13.8. The number of nitrogens with zero attached hydrogens (tertiary/aromatic N) is 1. The van der Waals surface area contributed by atoms with Crippen LogP contribution in [0.1, 0.15) is 59.9 Å². The molecule has 3 rings (SSSR count). The van der Waals surface area contributed by atoms with E-state index in [0.29, 0.717) is 5.82 Å². The average molecular weight is 554 g/mol. The van der Waals surface area contributed by atoms with Crippen molar-refractivity contribution in [2.75, 3.05) is 5.32 Å². The van der Waals surface area contributed by atoms with Gasteiger partial charge in [0.15, 0.2) is 0 Å². The van der Waals surface area contributed by atoms with Crippen LogP contribution in [0.2, 0.25) is 0 Å². The highest BCUT2D eigenvalue weighted by Gasteiger charge is 2.35. The normalized spacial score (nSPS) is 12.7. The van der Waals surface area contributed by atoms with Gasteiger partial charge in [0.1, 0.15) is 17.5 Å². The summed E-state index contributed by atoms with van der Waals surface area (Å²) in [6, 6.07) is 22.2. The fourth-order valence-corrected chi connectivity index (χ4v) is 4.07.